The van der Waals surface area contributed by atoms with Crippen LogP contribution in [0.4, 0.5) is 0 Å². The van der Waals surface area contributed by atoms with E-state index in [1.807, 2.05) is 0 Å². The van der Waals surface area contributed by atoms with Crippen molar-refractivity contribution in [1.29, 1.82) is 0 Å². The maximum Gasteiger partial charge on any atom is 0.0469 e. The molecule has 17 heavy (non-hydrogen) atoms. The van der Waals surface area contributed by atoms with Gasteiger partial charge in [0.1, 0.15) is 0 Å². The minimum absolute atomic E-state index is 0.638. The first-order chi connectivity index (χ1) is 8.42. The third kappa shape index (κ3) is 3.82. The Morgan fingerprint density at radius 2 is 2.18 bits per heavy atom. The summed E-state index contributed by atoms with van der Waals surface area (Å²) in [6, 6.07) is 0.638. The summed E-state index contributed by atoms with van der Waals surface area (Å²) in [5.74, 6) is 0.805. The van der Waals surface area contributed by atoms with Gasteiger partial charge in [-0.1, -0.05) is 18.6 Å². The number of nitrogens with one attached hydrogen (secondary N) is 1. The molecule has 1 unspecified atom stereocenters. The van der Waals surface area contributed by atoms with E-state index in [2.05, 4.69) is 18.3 Å². The van der Waals surface area contributed by atoms with Crippen LogP contribution in [0.5, 0.6) is 0 Å². The fourth-order valence-corrected chi connectivity index (χ4v) is 3.09. The Kier molecular flexibility index (Phi) is 5.53. The van der Waals surface area contributed by atoms with Gasteiger partial charge in [-0.3, -0.25) is 0 Å². The van der Waals surface area contributed by atoms with Crippen LogP contribution in [0.2, 0.25) is 0 Å². The molecule has 1 atom stereocenters. The largest absolute Gasteiger partial charge is 0.381 e. The summed E-state index contributed by atoms with van der Waals surface area (Å²) >= 11 is 0. The van der Waals surface area contributed by atoms with Crippen molar-refractivity contribution in [2.24, 2.45) is 5.92 Å². The fourth-order valence-electron chi connectivity index (χ4n) is 3.09. The van der Waals surface area contributed by atoms with E-state index >= 15 is 0 Å². The van der Waals surface area contributed by atoms with E-state index in [0.29, 0.717) is 6.04 Å². The normalized spacial score (nSPS) is 24.4. The molecule has 1 N–H and O–H groups in total. The number of rotatable bonds is 5. The molecule has 0 aromatic carbocycles. The third-order valence-corrected chi connectivity index (χ3v) is 4.08. The lowest BCUT2D eigenvalue weighted by Gasteiger charge is -2.34. The average molecular weight is 237 g/mol. The molecule has 2 nitrogen and oxygen atoms in total. The van der Waals surface area contributed by atoms with Gasteiger partial charge in [-0.25, -0.2) is 0 Å². The van der Waals surface area contributed by atoms with E-state index < -0.39 is 0 Å². The van der Waals surface area contributed by atoms with Gasteiger partial charge in [0, 0.05) is 19.3 Å². The third-order valence-electron chi connectivity index (χ3n) is 4.08. The van der Waals surface area contributed by atoms with Crippen LogP contribution in [0, 0.1) is 5.92 Å². The lowest BCUT2D eigenvalue weighted by Crippen LogP contribution is -2.41. The lowest BCUT2D eigenvalue weighted by molar-refractivity contribution is 0.0574. The van der Waals surface area contributed by atoms with Gasteiger partial charge in [0.25, 0.3) is 0 Å². The second-order valence-electron chi connectivity index (χ2n) is 5.41. The second-order valence-corrected chi connectivity index (χ2v) is 5.41. The zero-order chi connectivity index (χ0) is 11.9. The summed E-state index contributed by atoms with van der Waals surface area (Å²) in [6.07, 6.45) is 11.6. The van der Waals surface area contributed by atoms with Crippen LogP contribution in [-0.4, -0.2) is 25.8 Å². The molecule has 1 fully saturated rings. The SMILES string of the molecule is CCCNC(C1=CCCCC1)C1CCOCC1. The van der Waals surface area contributed by atoms with Gasteiger partial charge in [-0.2, -0.15) is 0 Å². The highest BCUT2D eigenvalue weighted by atomic mass is 16.5. The van der Waals surface area contributed by atoms with Crippen molar-refractivity contribution in [3.8, 4) is 0 Å². The summed E-state index contributed by atoms with van der Waals surface area (Å²) in [4.78, 5) is 0. The van der Waals surface area contributed by atoms with Crippen LogP contribution in [0.3, 0.4) is 0 Å². The maximum absolute atomic E-state index is 5.49. The smallest absolute Gasteiger partial charge is 0.0469 e. The molecule has 0 saturated carbocycles. The van der Waals surface area contributed by atoms with Crippen LogP contribution in [0.1, 0.15) is 51.9 Å². The highest BCUT2D eigenvalue weighted by molar-refractivity contribution is 5.15. The molecule has 98 valence electrons. The first kappa shape index (κ1) is 13.1. The Bertz CT molecular complexity index is 243. The van der Waals surface area contributed by atoms with Crippen molar-refractivity contribution in [2.45, 2.75) is 57.9 Å². The minimum Gasteiger partial charge on any atom is -0.381 e. The molecule has 1 aliphatic carbocycles. The first-order valence-electron chi connectivity index (χ1n) is 7.42. The molecule has 0 aromatic rings. The van der Waals surface area contributed by atoms with Crippen LogP contribution >= 0.6 is 0 Å². The van der Waals surface area contributed by atoms with Crippen LogP contribution in [-0.2, 0) is 4.74 Å². The minimum atomic E-state index is 0.638. The van der Waals surface area contributed by atoms with Crippen molar-refractivity contribution in [1.82, 2.24) is 5.32 Å². The number of hydrogen-bond donors (Lipinski definition) is 1. The van der Waals surface area contributed by atoms with Gasteiger partial charge in [0.05, 0.1) is 0 Å². The fraction of sp³-hybridized carbons (Fsp3) is 0.867. The van der Waals surface area contributed by atoms with Crippen LogP contribution < -0.4 is 5.32 Å². The predicted molar refractivity (Wildman–Crippen MR) is 72.2 cm³/mol. The zero-order valence-electron chi connectivity index (χ0n) is 11.2. The summed E-state index contributed by atoms with van der Waals surface area (Å²) < 4.78 is 5.49. The van der Waals surface area contributed by atoms with Gasteiger partial charge >= 0.3 is 0 Å². The topological polar surface area (TPSA) is 21.3 Å². The lowest BCUT2D eigenvalue weighted by atomic mass is 9.82. The molecule has 1 aliphatic heterocycles. The van der Waals surface area contributed by atoms with Gasteiger partial charge in [-0.15, -0.1) is 0 Å². The summed E-state index contributed by atoms with van der Waals surface area (Å²) in [6.45, 7) is 5.33. The molecular formula is C15H27NO. The molecule has 1 heterocycles. The number of allylic oxidation sites excluding steroid dienone is 1. The predicted octanol–water partition coefficient (Wildman–Crippen LogP) is 3.28. The molecule has 0 bridgehead atoms. The summed E-state index contributed by atoms with van der Waals surface area (Å²) in [5, 5.41) is 3.78. The molecule has 2 heteroatoms. The second kappa shape index (κ2) is 7.17. The Labute approximate surface area is 106 Å². The van der Waals surface area contributed by atoms with Gasteiger partial charge < -0.3 is 10.1 Å². The van der Waals surface area contributed by atoms with Crippen molar-refractivity contribution in [2.75, 3.05) is 19.8 Å². The van der Waals surface area contributed by atoms with E-state index in [0.717, 1.165) is 25.7 Å². The monoisotopic (exact) mass is 237 g/mol. The average Bonchev–Trinajstić information content (AvgIpc) is 2.42. The molecule has 1 saturated heterocycles. The highest BCUT2D eigenvalue weighted by Crippen LogP contribution is 2.29. The van der Waals surface area contributed by atoms with E-state index in [1.54, 1.807) is 5.57 Å². The standard InChI is InChI=1S/C15H27NO/c1-2-10-16-15(13-6-4-3-5-7-13)14-8-11-17-12-9-14/h6,14-16H,2-5,7-12H2,1H3. The molecule has 0 amide bonds. The number of ether oxygens (including phenoxy) is 1. The van der Waals surface area contributed by atoms with Crippen LogP contribution in [0.25, 0.3) is 0 Å². The zero-order valence-corrected chi connectivity index (χ0v) is 11.2. The summed E-state index contributed by atoms with van der Waals surface area (Å²) in [7, 11) is 0. The van der Waals surface area contributed by atoms with Crippen molar-refractivity contribution >= 4 is 0 Å². The van der Waals surface area contributed by atoms with Crippen molar-refractivity contribution < 1.29 is 4.74 Å². The van der Waals surface area contributed by atoms with E-state index in [1.165, 1.54) is 44.9 Å². The van der Waals surface area contributed by atoms with Gasteiger partial charge in [0.15, 0.2) is 0 Å². The summed E-state index contributed by atoms with van der Waals surface area (Å²) in [5.41, 5.74) is 1.69. The highest BCUT2D eigenvalue weighted by Gasteiger charge is 2.26. The first-order valence-corrected chi connectivity index (χ1v) is 7.42. The molecule has 0 aromatic heterocycles. The quantitative estimate of drug-likeness (QED) is 0.741. The van der Waals surface area contributed by atoms with Gasteiger partial charge in [0.2, 0.25) is 0 Å². The van der Waals surface area contributed by atoms with E-state index in [-0.39, 0.29) is 0 Å². The molecule has 2 aliphatic rings. The maximum atomic E-state index is 5.49. The van der Waals surface area contributed by atoms with Gasteiger partial charge in [-0.05, 0) is 57.4 Å². The Hall–Kier alpha value is -0.340. The molecule has 2 rings (SSSR count). The molecular weight excluding hydrogens is 210 g/mol. The Morgan fingerprint density at radius 1 is 1.35 bits per heavy atom. The molecule has 0 spiro atoms. The van der Waals surface area contributed by atoms with E-state index in [9.17, 15) is 0 Å². The van der Waals surface area contributed by atoms with Crippen molar-refractivity contribution in [3.05, 3.63) is 11.6 Å². The van der Waals surface area contributed by atoms with Crippen molar-refractivity contribution in [3.63, 3.8) is 0 Å². The Balaban J connectivity index is 1.97. The number of hydrogen-bond acceptors (Lipinski definition) is 2. The van der Waals surface area contributed by atoms with Crippen LogP contribution in [0.15, 0.2) is 11.6 Å². The Morgan fingerprint density at radius 3 is 2.82 bits per heavy atom. The van der Waals surface area contributed by atoms with E-state index in [4.69, 9.17) is 4.74 Å². The molecule has 0 radical (unpaired) electrons.